The van der Waals surface area contributed by atoms with Crippen molar-refractivity contribution >= 4 is 28.5 Å². The van der Waals surface area contributed by atoms with Gasteiger partial charge in [-0.25, -0.2) is 4.79 Å². The van der Waals surface area contributed by atoms with Gasteiger partial charge in [-0.3, -0.25) is 14.6 Å². The lowest BCUT2D eigenvalue weighted by Gasteiger charge is -2.63. The molecule has 3 fully saturated rings. The minimum absolute atomic E-state index is 0.0328. The van der Waals surface area contributed by atoms with E-state index in [0.29, 0.717) is 12.5 Å². The third-order valence-electron chi connectivity index (χ3n) is 15.8. The Hall–Kier alpha value is -3.86. The van der Waals surface area contributed by atoms with E-state index in [1.807, 2.05) is 7.05 Å². The fourth-order valence-electron chi connectivity index (χ4n) is 14.0. The fraction of sp³-hybridized carbons (Fsp3) is 0.591. The van der Waals surface area contributed by atoms with Gasteiger partial charge in [0.25, 0.3) is 0 Å². The standard InChI is InChI=1S/C44H54N4O6/c1-7-41-16-11-19-46-21-15-28-27-13-9-10-14-31(27)48(35(28)36(41)46)33(25-41)29-23-30-32(24-34(29)52-5)45(4)38-43(30)18-22-47-20-12-17-42(8-2,37(43)47)39(54-26(3)49)44(38,51)40(50)53-6/h9-10,12-14,17,23-24,33,36-39,51H,7-8,11,15-16,18-22,25H2,1-6H3/t33-,36-,37+,38-,39-,41-,42-,43-,44+/m1/s1. The Balaban J connectivity index is 1.25. The third-order valence-corrected chi connectivity index (χ3v) is 15.8. The fourth-order valence-corrected chi connectivity index (χ4v) is 14.0. The van der Waals surface area contributed by atoms with E-state index in [0.717, 1.165) is 74.4 Å². The number of ether oxygens (including phenoxy) is 3. The quantitative estimate of drug-likeness (QED) is 0.254. The number of carbonyl (C=O) groups excluding carboxylic acids is 2. The van der Waals surface area contributed by atoms with E-state index in [1.165, 1.54) is 49.0 Å². The average Bonchev–Trinajstić information content (AvgIpc) is 3.83. The van der Waals surface area contributed by atoms with Gasteiger partial charge in [-0.15, -0.1) is 0 Å². The summed E-state index contributed by atoms with van der Waals surface area (Å²) in [5.41, 5.74) is 3.99. The average molecular weight is 735 g/mol. The number of benzene rings is 2. The Morgan fingerprint density at radius 1 is 1.00 bits per heavy atom. The number of nitrogens with zero attached hydrogens (tertiary/aromatic N) is 4. The first-order chi connectivity index (χ1) is 26.1. The van der Waals surface area contributed by atoms with Crippen LogP contribution in [0.1, 0.15) is 93.8 Å². The molecule has 9 atom stereocenters. The molecule has 7 aliphatic rings. The van der Waals surface area contributed by atoms with Gasteiger partial charge in [-0.1, -0.05) is 44.2 Å². The number of aliphatic hydroxyl groups is 1. The lowest BCUT2D eigenvalue weighted by atomic mass is 9.47. The summed E-state index contributed by atoms with van der Waals surface area (Å²) in [6.45, 7) is 9.66. The monoisotopic (exact) mass is 734 g/mol. The van der Waals surface area contributed by atoms with Crippen LogP contribution in [0.25, 0.3) is 10.9 Å². The lowest BCUT2D eigenvalue weighted by Crippen LogP contribution is -2.81. The Morgan fingerprint density at radius 3 is 2.56 bits per heavy atom. The van der Waals surface area contributed by atoms with Crippen LogP contribution in [0.15, 0.2) is 48.6 Å². The first-order valence-electron chi connectivity index (χ1n) is 20.3. The van der Waals surface area contributed by atoms with Crippen LogP contribution in [-0.2, 0) is 30.9 Å². The predicted molar refractivity (Wildman–Crippen MR) is 206 cm³/mol. The molecule has 0 bridgehead atoms. The molecule has 1 aliphatic carbocycles. The molecule has 0 unspecified atom stereocenters. The predicted octanol–water partition coefficient (Wildman–Crippen LogP) is 5.68. The Kier molecular flexibility index (Phi) is 7.43. The van der Waals surface area contributed by atoms with Crippen LogP contribution >= 0.6 is 0 Å². The first kappa shape index (κ1) is 34.6. The summed E-state index contributed by atoms with van der Waals surface area (Å²) in [7, 11) is 5.06. The van der Waals surface area contributed by atoms with Gasteiger partial charge in [0.15, 0.2) is 6.10 Å². The summed E-state index contributed by atoms with van der Waals surface area (Å²) in [5.74, 6) is -0.486. The zero-order chi connectivity index (χ0) is 37.5. The molecule has 2 aromatic carbocycles. The number of esters is 2. The summed E-state index contributed by atoms with van der Waals surface area (Å²) >= 11 is 0. The number of fused-ring (bicyclic) bond motifs is 4. The summed E-state index contributed by atoms with van der Waals surface area (Å²) in [6.07, 6.45) is 10.0. The van der Waals surface area contributed by atoms with Gasteiger partial charge >= 0.3 is 11.9 Å². The molecule has 1 saturated carbocycles. The lowest BCUT2D eigenvalue weighted by molar-refractivity contribution is -0.228. The minimum Gasteiger partial charge on any atom is -0.496 e. The Labute approximate surface area is 318 Å². The van der Waals surface area contributed by atoms with Gasteiger partial charge in [0.05, 0.1) is 32.3 Å². The smallest absolute Gasteiger partial charge is 0.344 e. The van der Waals surface area contributed by atoms with E-state index in [1.54, 1.807) is 7.11 Å². The molecule has 1 aromatic heterocycles. The van der Waals surface area contributed by atoms with Crippen molar-refractivity contribution in [3.63, 3.8) is 0 Å². The van der Waals surface area contributed by atoms with Crippen LogP contribution in [-0.4, -0.2) is 103 Å². The first-order valence-corrected chi connectivity index (χ1v) is 20.3. The number of hydrogen-bond acceptors (Lipinski definition) is 9. The van der Waals surface area contributed by atoms with Crippen molar-refractivity contribution in [2.75, 3.05) is 52.3 Å². The summed E-state index contributed by atoms with van der Waals surface area (Å²) in [4.78, 5) is 34.6. The molecule has 0 amide bonds. The SMILES string of the molecule is CC[C@@]12CCCN3CCc4c(n(c5ccccc45)[C@@H](c4cc5c(cc4OC)N(C)[C@H]4[C@@](O)(C(=O)OC)[C@H](OC(C)=O)[C@]6(CC)C=CCN7CC[C@]54[C@@H]76)C1)[C@@H]32. The number of methoxy groups -OCH3 is 2. The zero-order valence-corrected chi connectivity index (χ0v) is 32.6. The maximum absolute atomic E-state index is 14.3. The van der Waals surface area contributed by atoms with Crippen LogP contribution in [0.4, 0.5) is 5.69 Å². The zero-order valence-electron chi connectivity index (χ0n) is 32.6. The van der Waals surface area contributed by atoms with E-state index in [-0.39, 0.29) is 17.5 Å². The van der Waals surface area contributed by atoms with Gasteiger partial charge < -0.3 is 28.8 Å². The molecule has 2 saturated heterocycles. The third kappa shape index (κ3) is 3.92. The highest BCUT2D eigenvalue weighted by molar-refractivity contribution is 5.88. The molecular formula is C44H54N4O6. The van der Waals surface area contributed by atoms with Crippen LogP contribution in [0.2, 0.25) is 0 Å². The number of para-hydroxylation sites is 1. The molecule has 1 N–H and O–H groups in total. The molecule has 10 heteroatoms. The van der Waals surface area contributed by atoms with Gasteiger partial charge in [0.1, 0.15) is 5.75 Å². The molecule has 7 heterocycles. The number of likely N-dealkylation sites (N-methyl/N-ethyl adjacent to an activating group) is 1. The van der Waals surface area contributed by atoms with Crippen molar-refractivity contribution in [2.45, 2.75) is 107 Å². The molecule has 54 heavy (non-hydrogen) atoms. The largest absolute Gasteiger partial charge is 0.496 e. The number of piperidine rings is 1. The highest BCUT2D eigenvalue weighted by Gasteiger charge is 2.80. The van der Waals surface area contributed by atoms with Gasteiger partial charge in [0.2, 0.25) is 5.60 Å². The number of rotatable bonds is 6. The van der Waals surface area contributed by atoms with Crippen molar-refractivity contribution in [1.29, 1.82) is 0 Å². The van der Waals surface area contributed by atoms with E-state index in [2.05, 4.69) is 81.7 Å². The number of hydrogen-bond donors (Lipinski definition) is 1. The molecule has 1 spiro atoms. The summed E-state index contributed by atoms with van der Waals surface area (Å²) in [5, 5.41) is 14.6. The van der Waals surface area contributed by atoms with Gasteiger partial charge in [0, 0.05) is 77.8 Å². The normalized spacial score (nSPS) is 37.4. The maximum atomic E-state index is 14.3. The van der Waals surface area contributed by atoms with Crippen molar-refractivity contribution in [3.05, 3.63) is 70.9 Å². The topological polar surface area (TPSA) is 96.7 Å². The van der Waals surface area contributed by atoms with Crippen molar-refractivity contribution in [3.8, 4) is 5.75 Å². The Bertz CT molecular complexity index is 2130. The number of carbonyl (C=O) groups is 2. The van der Waals surface area contributed by atoms with E-state index < -0.39 is 40.5 Å². The highest BCUT2D eigenvalue weighted by Crippen LogP contribution is 2.69. The second-order valence-corrected chi connectivity index (χ2v) is 17.5. The molecule has 10 nitrogen and oxygen atoms in total. The molecular weight excluding hydrogens is 681 g/mol. The van der Waals surface area contributed by atoms with Crippen LogP contribution in [0.3, 0.4) is 0 Å². The maximum Gasteiger partial charge on any atom is 0.344 e. The molecule has 3 aromatic rings. The molecule has 286 valence electrons. The van der Waals surface area contributed by atoms with E-state index >= 15 is 0 Å². The Morgan fingerprint density at radius 2 is 1.81 bits per heavy atom. The van der Waals surface area contributed by atoms with E-state index in [9.17, 15) is 14.7 Å². The molecule has 0 radical (unpaired) electrons. The van der Waals surface area contributed by atoms with Crippen molar-refractivity contribution in [2.24, 2.45) is 10.8 Å². The minimum atomic E-state index is -2.16. The van der Waals surface area contributed by atoms with E-state index in [4.69, 9.17) is 14.2 Å². The van der Waals surface area contributed by atoms with Crippen molar-refractivity contribution < 1.29 is 28.9 Å². The number of anilines is 1. The number of aromatic nitrogens is 1. The van der Waals surface area contributed by atoms with Gasteiger partial charge in [-0.05, 0) is 86.7 Å². The summed E-state index contributed by atoms with van der Waals surface area (Å²) in [6, 6.07) is 13.1. The van der Waals surface area contributed by atoms with Crippen molar-refractivity contribution in [1.82, 2.24) is 14.4 Å². The molecule has 6 aliphatic heterocycles. The highest BCUT2D eigenvalue weighted by atomic mass is 16.6. The van der Waals surface area contributed by atoms with Crippen LogP contribution < -0.4 is 9.64 Å². The van der Waals surface area contributed by atoms with Crippen LogP contribution in [0.5, 0.6) is 5.75 Å². The second-order valence-electron chi connectivity index (χ2n) is 17.5. The summed E-state index contributed by atoms with van der Waals surface area (Å²) < 4.78 is 20.8. The second kappa shape index (κ2) is 11.6. The van der Waals surface area contributed by atoms with Crippen LogP contribution in [0, 0.1) is 10.8 Å². The van der Waals surface area contributed by atoms with Gasteiger partial charge in [-0.2, -0.15) is 0 Å². The molecule has 10 rings (SSSR count).